The number of amides is 2. The summed E-state index contributed by atoms with van der Waals surface area (Å²) in [6, 6.07) is 6.96. The van der Waals surface area contributed by atoms with Gasteiger partial charge in [-0.25, -0.2) is 0 Å². The first-order valence-electron chi connectivity index (χ1n) is 9.50. The van der Waals surface area contributed by atoms with E-state index in [0.29, 0.717) is 23.9 Å². The van der Waals surface area contributed by atoms with Gasteiger partial charge in [0.15, 0.2) is 6.61 Å². The molecule has 1 aliphatic heterocycles. The standard InChI is InChI=1S/C20H29ClN2O3/c1-3-11-23(12-4-2)20(25)16-9-13-22(14-10-16)19(24)15-26-18-7-5-17(21)6-8-18/h5-8,16H,3-4,9-15H2,1-2H3. The Labute approximate surface area is 161 Å². The van der Waals surface area contributed by atoms with Crippen molar-refractivity contribution in [3.8, 4) is 5.75 Å². The highest BCUT2D eigenvalue weighted by molar-refractivity contribution is 6.30. The number of piperidine rings is 1. The molecule has 1 saturated heterocycles. The van der Waals surface area contributed by atoms with E-state index in [1.54, 1.807) is 29.2 Å². The van der Waals surface area contributed by atoms with Gasteiger partial charge in [0.25, 0.3) is 5.91 Å². The summed E-state index contributed by atoms with van der Waals surface area (Å²) in [6.07, 6.45) is 3.42. The van der Waals surface area contributed by atoms with Crippen LogP contribution in [0.15, 0.2) is 24.3 Å². The smallest absolute Gasteiger partial charge is 0.260 e. The van der Waals surface area contributed by atoms with E-state index in [1.807, 2.05) is 4.90 Å². The molecule has 0 N–H and O–H groups in total. The Kier molecular flexibility index (Phi) is 8.23. The normalized spacial score (nSPS) is 15.0. The molecule has 26 heavy (non-hydrogen) atoms. The van der Waals surface area contributed by atoms with Gasteiger partial charge in [-0.1, -0.05) is 25.4 Å². The molecule has 1 aromatic rings. The van der Waals surface area contributed by atoms with Crippen LogP contribution in [0, 0.1) is 5.92 Å². The van der Waals surface area contributed by atoms with Crippen molar-refractivity contribution >= 4 is 23.4 Å². The van der Waals surface area contributed by atoms with Crippen molar-refractivity contribution < 1.29 is 14.3 Å². The van der Waals surface area contributed by atoms with Crippen molar-refractivity contribution in [1.82, 2.24) is 9.80 Å². The molecule has 5 nitrogen and oxygen atoms in total. The van der Waals surface area contributed by atoms with Crippen molar-refractivity contribution in [2.45, 2.75) is 39.5 Å². The average molecular weight is 381 g/mol. The number of halogens is 1. The van der Waals surface area contributed by atoms with E-state index in [2.05, 4.69) is 13.8 Å². The molecular formula is C20H29ClN2O3. The molecule has 1 fully saturated rings. The van der Waals surface area contributed by atoms with Gasteiger partial charge in [-0.15, -0.1) is 0 Å². The van der Waals surface area contributed by atoms with Crippen LogP contribution >= 0.6 is 11.6 Å². The molecule has 2 rings (SSSR count). The quantitative estimate of drug-likeness (QED) is 0.692. The topological polar surface area (TPSA) is 49.9 Å². The zero-order valence-electron chi connectivity index (χ0n) is 15.7. The lowest BCUT2D eigenvalue weighted by atomic mass is 9.95. The number of hydrogen-bond acceptors (Lipinski definition) is 3. The van der Waals surface area contributed by atoms with Crippen molar-refractivity contribution in [3.05, 3.63) is 29.3 Å². The molecule has 1 aromatic carbocycles. The maximum absolute atomic E-state index is 12.7. The first-order chi connectivity index (χ1) is 12.5. The third-order valence-corrected chi connectivity index (χ3v) is 4.92. The zero-order chi connectivity index (χ0) is 18.9. The van der Waals surface area contributed by atoms with Gasteiger partial charge in [0.05, 0.1) is 0 Å². The Balaban J connectivity index is 1.78. The van der Waals surface area contributed by atoms with Gasteiger partial charge in [0, 0.05) is 37.1 Å². The highest BCUT2D eigenvalue weighted by Crippen LogP contribution is 2.21. The number of likely N-dealkylation sites (tertiary alicyclic amines) is 1. The number of hydrogen-bond donors (Lipinski definition) is 0. The van der Waals surface area contributed by atoms with Crippen molar-refractivity contribution in [2.24, 2.45) is 5.92 Å². The molecule has 144 valence electrons. The number of nitrogens with zero attached hydrogens (tertiary/aromatic N) is 2. The molecule has 6 heteroatoms. The summed E-state index contributed by atoms with van der Waals surface area (Å²) in [5.41, 5.74) is 0. The van der Waals surface area contributed by atoms with Gasteiger partial charge in [0.1, 0.15) is 5.75 Å². The molecule has 0 unspecified atom stereocenters. The summed E-state index contributed by atoms with van der Waals surface area (Å²) in [5, 5.41) is 0.635. The van der Waals surface area contributed by atoms with Crippen LogP contribution in [-0.2, 0) is 9.59 Å². The lowest BCUT2D eigenvalue weighted by Gasteiger charge is -2.34. The second-order valence-electron chi connectivity index (χ2n) is 6.72. The van der Waals surface area contributed by atoms with Crippen molar-refractivity contribution in [3.63, 3.8) is 0 Å². The minimum absolute atomic E-state index is 0.0119. The molecule has 2 amide bonds. The Morgan fingerprint density at radius 2 is 1.69 bits per heavy atom. The van der Waals surface area contributed by atoms with E-state index in [9.17, 15) is 9.59 Å². The van der Waals surface area contributed by atoms with E-state index >= 15 is 0 Å². The Morgan fingerprint density at radius 3 is 2.23 bits per heavy atom. The maximum atomic E-state index is 12.7. The fraction of sp³-hybridized carbons (Fsp3) is 0.600. The number of rotatable bonds is 8. The first kappa shape index (κ1) is 20.6. The summed E-state index contributed by atoms with van der Waals surface area (Å²) in [6.45, 7) is 7.08. The summed E-state index contributed by atoms with van der Waals surface area (Å²) >= 11 is 5.84. The minimum atomic E-state index is -0.0372. The minimum Gasteiger partial charge on any atom is -0.484 e. The summed E-state index contributed by atoms with van der Waals surface area (Å²) in [5.74, 6) is 0.875. The molecule has 0 bridgehead atoms. The summed E-state index contributed by atoms with van der Waals surface area (Å²) in [7, 11) is 0. The monoisotopic (exact) mass is 380 g/mol. The van der Waals surface area contributed by atoms with Gasteiger partial charge < -0.3 is 14.5 Å². The van der Waals surface area contributed by atoms with E-state index in [1.165, 1.54) is 0 Å². The van der Waals surface area contributed by atoms with E-state index in [4.69, 9.17) is 16.3 Å². The van der Waals surface area contributed by atoms with Crippen molar-refractivity contribution in [1.29, 1.82) is 0 Å². The molecule has 0 radical (unpaired) electrons. The third kappa shape index (κ3) is 5.90. The highest BCUT2D eigenvalue weighted by Gasteiger charge is 2.29. The van der Waals surface area contributed by atoms with Gasteiger partial charge in [-0.2, -0.15) is 0 Å². The Morgan fingerprint density at radius 1 is 1.12 bits per heavy atom. The SMILES string of the molecule is CCCN(CCC)C(=O)C1CCN(C(=O)COc2ccc(Cl)cc2)CC1. The zero-order valence-corrected chi connectivity index (χ0v) is 16.5. The number of carbonyl (C=O) groups excluding carboxylic acids is 2. The fourth-order valence-electron chi connectivity index (χ4n) is 3.27. The molecule has 0 saturated carbocycles. The predicted octanol–water partition coefficient (Wildman–Crippen LogP) is 3.61. The summed E-state index contributed by atoms with van der Waals surface area (Å²) in [4.78, 5) is 28.8. The lowest BCUT2D eigenvalue weighted by molar-refractivity contribution is -0.141. The van der Waals surface area contributed by atoms with Gasteiger partial charge in [-0.05, 0) is 49.9 Å². The van der Waals surface area contributed by atoms with Crippen LogP contribution in [-0.4, -0.2) is 54.4 Å². The molecular weight excluding hydrogens is 352 g/mol. The molecule has 0 spiro atoms. The molecule has 0 atom stereocenters. The molecule has 0 aliphatic carbocycles. The second kappa shape index (κ2) is 10.4. The molecule has 1 heterocycles. The summed E-state index contributed by atoms with van der Waals surface area (Å²) < 4.78 is 5.53. The third-order valence-electron chi connectivity index (χ3n) is 4.67. The Bertz CT molecular complexity index is 577. The van der Waals surface area contributed by atoms with Crippen LogP contribution in [0.1, 0.15) is 39.5 Å². The van der Waals surface area contributed by atoms with Gasteiger partial charge >= 0.3 is 0 Å². The Hall–Kier alpha value is -1.75. The molecule has 1 aliphatic rings. The van der Waals surface area contributed by atoms with Crippen LogP contribution in [0.3, 0.4) is 0 Å². The number of benzene rings is 1. The van der Waals surface area contributed by atoms with E-state index < -0.39 is 0 Å². The van der Waals surface area contributed by atoms with Crippen LogP contribution < -0.4 is 4.74 Å². The van der Waals surface area contributed by atoms with Crippen LogP contribution in [0.2, 0.25) is 5.02 Å². The molecule has 0 aromatic heterocycles. The number of carbonyl (C=O) groups is 2. The van der Waals surface area contributed by atoms with Gasteiger partial charge in [-0.3, -0.25) is 9.59 Å². The van der Waals surface area contributed by atoms with E-state index in [0.717, 1.165) is 38.8 Å². The largest absolute Gasteiger partial charge is 0.484 e. The number of ether oxygens (including phenoxy) is 1. The maximum Gasteiger partial charge on any atom is 0.260 e. The first-order valence-corrected chi connectivity index (χ1v) is 9.87. The van der Waals surface area contributed by atoms with Crippen molar-refractivity contribution in [2.75, 3.05) is 32.8 Å². The lowest BCUT2D eigenvalue weighted by Crippen LogP contribution is -2.46. The second-order valence-corrected chi connectivity index (χ2v) is 7.16. The fourth-order valence-corrected chi connectivity index (χ4v) is 3.40. The van der Waals surface area contributed by atoms with Crippen LogP contribution in [0.25, 0.3) is 0 Å². The van der Waals surface area contributed by atoms with Crippen LogP contribution in [0.5, 0.6) is 5.75 Å². The predicted molar refractivity (Wildman–Crippen MR) is 103 cm³/mol. The average Bonchev–Trinajstić information content (AvgIpc) is 2.66. The highest BCUT2D eigenvalue weighted by atomic mass is 35.5. The van der Waals surface area contributed by atoms with Gasteiger partial charge in [0.2, 0.25) is 5.91 Å². The van der Waals surface area contributed by atoms with Crippen LogP contribution in [0.4, 0.5) is 0 Å². The van der Waals surface area contributed by atoms with E-state index in [-0.39, 0.29) is 24.3 Å².